The highest BCUT2D eigenvalue weighted by molar-refractivity contribution is 5.81. The number of aryl methyl sites for hydroxylation is 2. The predicted molar refractivity (Wildman–Crippen MR) is 107 cm³/mol. The molecule has 2 aromatic rings. The summed E-state index contributed by atoms with van der Waals surface area (Å²) in [6.45, 7) is 3.66. The van der Waals surface area contributed by atoms with Crippen molar-refractivity contribution in [1.82, 2.24) is 0 Å². The molecule has 0 unspecified atom stereocenters. The van der Waals surface area contributed by atoms with Crippen LogP contribution in [0.3, 0.4) is 0 Å². The maximum atomic E-state index is 13.0. The molecule has 1 fully saturated rings. The second kappa shape index (κ2) is 9.02. The van der Waals surface area contributed by atoms with Gasteiger partial charge in [0, 0.05) is 12.8 Å². The van der Waals surface area contributed by atoms with Gasteiger partial charge in [-0.05, 0) is 75.3 Å². The first kappa shape index (κ1) is 21.4. The molecule has 0 atom stereocenters. The Morgan fingerprint density at radius 1 is 0.966 bits per heavy atom. The van der Waals surface area contributed by atoms with Crippen LogP contribution in [0.25, 0.3) is 0 Å². The van der Waals surface area contributed by atoms with Crippen LogP contribution in [0.2, 0.25) is 0 Å². The molecule has 1 aliphatic carbocycles. The molecule has 0 amide bonds. The third-order valence-corrected chi connectivity index (χ3v) is 5.50. The lowest BCUT2D eigenvalue weighted by atomic mass is 9.83. The second-order valence-electron chi connectivity index (χ2n) is 8.20. The summed E-state index contributed by atoms with van der Waals surface area (Å²) in [7, 11) is 0. The topological polar surface area (TPSA) is 26.3 Å². The highest BCUT2D eigenvalue weighted by atomic mass is 19.4. The number of halogens is 3. The number of carbonyl (C=O) groups is 1. The van der Waals surface area contributed by atoms with Crippen LogP contribution in [-0.4, -0.2) is 11.9 Å². The third-order valence-electron chi connectivity index (χ3n) is 5.50. The highest BCUT2D eigenvalue weighted by Crippen LogP contribution is 2.32. The summed E-state index contributed by atoms with van der Waals surface area (Å²) in [6.07, 6.45) is -0.136. The maximum Gasteiger partial charge on any atom is 0.416 e. The van der Waals surface area contributed by atoms with E-state index in [0.29, 0.717) is 17.5 Å². The fraction of sp³-hybridized carbons (Fsp3) is 0.458. The molecule has 1 aliphatic rings. The summed E-state index contributed by atoms with van der Waals surface area (Å²) < 4.78 is 44.9. The maximum absolute atomic E-state index is 13.0. The minimum Gasteiger partial charge on any atom is -0.490 e. The zero-order valence-electron chi connectivity index (χ0n) is 16.9. The smallest absolute Gasteiger partial charge is 0.416 e. The summed E-state index contributed by atoms with van der Waals surface area (Å²) in [4.78, 5) is 12.4. The van der Waals surface area contributed by atoms with Gasteiger partial charge in [-0.25, -0.2) is 0 Å². The lowest BCUT2D eigenvalue weighted by Gasteiger charge is -2.28. The van der Waals surface area contributed by atoms with Crippen molar-refractivity contribution in [2.24, 2.45) is 5.92 Å². The Labute approximate surface area is 170 Å². The number of alkyl halides is 3. The molecule has 3 rings (SSSR count). The van der Waals surface area contributed by atoms with Gasteiger partial charge in [-0.1, -0.05) is 29.3 Å². The normalized spacial score (nSPS) is 19.8. The van der Waals surface area contributed by atoms with Crippen LogP contribution in [-0.2, 0) is 17.4 Å². The quantitative estimate of drug-likeness (QED) is 0.552. The van der Waals surface area contributed by atoms with Gasteiger partial charge >= 0.3 is 6.18 Å². The van der Waals surface area contributed by atoms with Crippen molar-refractivity contribution >= 4 is 5.78 Å². The van der Waals surface area contributed by atoms with E-state index in [0.717, 1.165) is 43.6 Å². The average Bonchev–Trinajstić information content (AvgIpc) is 2.64. The molecule has 156 valence electrons. The summed E-state index contributed by atoms with van der Waals surface area (Å²) in [5.74, 6) is 1.16. The number of ketones is 1. The van der Waals surface area contributed by atoms with Crippen LogP contribution >= 0.6 is 0 Å². The molecule has 1 saturated carbocycles. The zero-order valence-corrected chi connectivity index (χ0v) is 16.9. The van der Waals surface area contributed by atoms with Crippen molar-refractivity contribution < 1.29 is 22.7 Å². The van der Waals surface area contributed by atoms with Crippen LogP contribution in [0, 0.1) is 19.8 Å². The molecule has 0 heterocycles. The summed E-state index contributed by atoms with van der Waals surface area (Å²) in [5, 5.41) is 0. The molecule has 2 nitrogen and oxygen atoms in total. The van der Waals surface area contributed by atoms with Gasteiger partial charge in [0.05, 0.1) is 11.7 Å². The molecule has 5 heteroatoms. The Morgan fingerprint density at radius 3 is 2.24 bits per heavy atom. The lowest BCUT2D eigenvalue weighted by Crippen LogP contribution is -2.25. The van der Waals surface area contributed by atoms with E-state index in [-0.39, 0.29) is 24.2 Å². The zero-order chi connectivity index (χ0) is 21.0. The van der Waals surface area contributed by atoms with Gasteiger partial charge in [-0.2, -0.15) is 13.2 Å². The first-order valence-corrected chi connectivity index (χ1v) is 10.1. The Balaban J connectivity index is 1.49. The molecule has 0 radical (unpaired) electrons. The molecule has 0 saturated heterocycles. The Kier molecular flexibility index (Phi) is 6.66. The minimum atomic E-state index is -4.39. The van der Waals surface area contributed by atoms with Gasteiger partial charge in [0.2, 0.25) is 0 Å². The van der Waals surface area contributed by atoms with E-state index < -0.39 is 11.7 Å². The SMILES string of the molecule is Cc1ccc(OC2CCC(CC(=O)Cc3cc(C)cc(C(F)(F)F)c3)CC2)cc1. The van der Waals surface area contributed by atoms with E-state index in [9.17, 15) is 18.0 Å². The number of Topliss-reactive ketones (excluding diaryl/α,β-unsaturated/α-hetero) is 1. The molecule has 0 aromatic heterocycles. The van der Waals surface area contributed by atoms with Gasteiger partial charge in [0.1, 0.15) is 11.5 Å². The van der Waals surface area contributed by atoms with Crippen LogP contribution in [0.15, 0.2) is 42.5 Å². The van der Waals surface area contributed by atoms with Crippen molar-refractivity contribution in [1.29, 1.82) is 0 Å². The van der Waals surface area contributed by atoms with Crippen LogP contribution in [0.1, 0.15) is 54.4 Å². The number of ether oxygens (including phenoxy) is 1. The lowest BCUT2D eigenvalue weighted by molar-refractivity contribution is -0.137. The average molecular weight is 404 g/mol. The second-order valence-corrected chi connectivity index (χ2v) is 8.20. The van der Waals surface area contributed by atoms with Crippen molar-refractivity contribution in [3.8, 4) is 5.75 Å². The number of hydrogen-bond donors (Lipinski definition) is 0. The highest BCUT2D eigenvalue weighted by Gasteiger charge is 2.31. The van der Waals surface area contributed by atoms with Gasteiger partial charge in [0.25, 0.3) is 0 Å². The molecule has 2 aromatic carbocycles. The number of benzene rings is 2. The fourth-order valence-electron chi connectivity index (χ4n) is 4.01. The molecule has 0 N–H and O–H groups in total. The van der Waals surface area contributed by atoms with Crippen LogP contribution in [0.5, 0.6) is 5.75 Å². The minimum absolute atomic E-state index is 0.00614. The predicted octanol–water partition coefficient (Wildman–Crippen LogP) is 6.46. The van der Waals surface area contributed by atoms with E-state index in [1.807, 2.05) is 31.2 Å². The van der Waals surface area contributed by atoms with Crippen molar-refractivity contribution in [3.05, 3.63) is 64.7 Å². The van der Waals surface area contributed by atoms with E-state index in [4.69, 9.17) is 4.74 Å². The summed E-state index contributed by atoms with van der Waals surface area (Å²) >= 11 is 0. The number of carbonyl (C=O) groups excluding carboxylic acids is 1. The van der Waals surface area contributed by atoms with Gasteiger partial charge < -0.3 is 4.74 Å². The first-order chi connectivity index (χ1) is 13.7. The molecule has 0 bridgehead atoms. The van der Waals surface area contributed by atoms with Gasteiger partial charge in [-0.3, -0.25) is 4.79 Å². The standard InChI is InChI=1S/C24H27F3O2/c1-16-3-7-22(8-4-16)29-23-9-5-18(6-10-23)14-21(28)15-19-11-17(2)12-20(13-19)24(25,26)27/h3-4,7-8,11-13,18,23H,5-6,9-10,14-15H2,1-2H3. The van der Waals surface area contributed by atoms with E-state index >= 15 is 0 Å². The molecule has 0 aliphatic heterocycles. The molecular weight excluding hydrogens is 377 g/mol. The Hall–Kier alpha value is -2.30. The van der Waals surface area contributed by atoms with Crippen LogP contribution < -0.4 is 4.74 Å². The Morgan fingerprint density at radius 2 is 1.62 bits per heavy atom. The largest absolute Gasteiger partial charge is 0.490 e. The third kappa shape index (κ3) is 6.34. The van der Waals surface area contributed by atoms with Crippen LogP contribution in [0.4, 0.5) is 13.2 Å². The molecular formula is C24H27F3O2. The summed E-state index contributed by atoms with van der Waals surface area (Å²) in [6, 6.07) is 11.9. The van der Waals surface area contributed by atoms with Crippen molar-refractivity contribution in [2.45, 2.75) is 64.7 Å². The number of rotatable bonds is 6. The fourth-order valence-corrected chi connectivity index (χ4v) is 4.01. The monoisotopic (exact) mass is 404 g/mol. The van der Waals surface area contributed by atoms with Gasteiger partial charge in [0.15, 0.2) is 0 Å². The van der Waals surface area contributed by atoms with E-state index in [2.05, 4.69) is 0 Å². The molecule has 0 spiro atoms. The van der Waals surface area contributed by atoms with Crippen molar-refractivity contribution in [2.75, 3.05) is 0 Å². The number of hydrogen-bond acceptors (Lipinski definition) is 2. The van der Waals surface area contributed by atoms with E-state index in [1.165, 1.54) is 5.56 Å². The first-order valence-electron chi connectivity index (χ1n) is 10.1. The van der Waals surface area contributed by atoms with Gasteiger partial charge in [-0.15, -0.1) is 0 Å². The van der Waals surface area contributed by atoms with Crippen molar-refractivity contribution in [3.63, 3.8) is 0 Å². The Bertz CT molecular complexity index is 832. The van der Waals surface area contributed by atoms with E-state index in [1.54, 1.807) is 13.0 Å². The molecule has 29 heavy (non-hydrogen) atoms. The summed E-state index contributed by atoms with van der Waals surface area (Å²) in [5.41, 5.74) is 1.47.